The van der Waals surface area contributed by atoms with Crippen LogP contribution in [0.25, 0.3) is 0 Å². The predicted molar refractivity (Wildman–Crippen MR) is 102 cm³/mol. The SMILES string of the molecule is CCC(C)c1ccc(C(CO)CCO)cc1.CS(=O)(=O)O.CS(=O)(=O)O. The van der Waals surface area contributed by atoms with Gasteiger partial charge in [-0.2, -0.15) is 16.8 Å². The zero-order valence-electron chi connectivity index (χ0n) is 15.5. The Morgan fingerprint density at radius 2 is 1.23 bits per heavy atom. The Balaban J connectivity index is 0. The molecule has 0 bridgehead atoms. The lowest BCUT2D eigenvalue weighted by molar-refractivity contribution is 0.220. The van der Waals surface area contributed by atoms with E-state index in [2.05, 4.69) is 38.1 Å². The largest absolute Gasteiger partial charge is 0.396 e. The van der Waals surface area contributed by atoms with E-state index in [0.717, 1.165) is 12.0 Å². The Bertz CT molecular complexity index is 635. The van der Waals surface area contributed by atoms with Crippen molar-refractivity contribution in [3.63, 3.8) is 0 Å². The van der Waals surface area contributed by atoms with E-state index in [1.54, 1.807) is 0 Å². The molecule has 0 aliphatic heterocycles. The zero-order valence-corrected chi connectivity index (χ0v) is 17.2. The van der Waals surface area contributed by atoms with Gasteiger partial charge in [0.2, 0.25) is 0 Å². The van der Waals surface area contributed by atoms with Crippen LogP contribution >= 0.6 is 0 Å². The summed E-state index contributed by atoms with van der Waals surface area (Å²) < 4.78 is 51.7. The van der Waals surface area contributed by atoms with Gasteiger partial charge in [-0.1, -0.05) is 38.1 Å². The van der Waals surface area contributed by atoms with Gasteiger partial charge < -0.3 is 10.2 Å². The highest BCUT2D eigenvalue weighted by Gasteiger charge is 2.10. The second-order valence-electron chi connectivity index (χ2n) is 5.83. The Kier molecular flexibility index (Phi) is 13.8. The van der Waals surface area contributed by atoms with Crippen LogP contribution in [0, 0.1) is 0 Å². The van der Waals surface area contributed by atoms with Gasteiger partial charge in [0.25, 0.3) is 20.2 Å². The molecule has 8 nitrogen and oxygen atoms in total. The monoisotopic (exact) mass is 414 g/mol. The summed E-state index contributed by atoms with van der Waals surface area (Å²) in [6.07, 6.45) is 3.19. The van der Waals surface area contributed by atoms with Crippen LogP contribution in [0.4, 0.5) is 0 Å². The van der Waals surface area contributed by atoms with Crippen molar-refractivity contribution in [2.45, 2.75) is 38.5 Å². The molecule has 1 aromatic rings. The van der Waals surface area contributed by atoms with Crippen LogP contribution in [0.2, 0.25) is 0 Å². The average Bonchev–Trinajstić information content (AvgIpc) is 2.49. The Morgan fingerprint density at radius 3 is 1.50 bits per heavy atom. The maximum atomic E-state index is 9.22. The molecule has 1 aromatic carbocycles. The molecule has 4 N–H and O–H groups in total. The van der Waals surface area contributed by atoms with E-state index in [4.69, 9.17) is 14.2 Å². The van der Waals surface area contributed by atoms with E-state index in [-0.39, 0.29) is 19.1 Å². The van der Waals surface area contributed by atoms with Gasteiger partial charge in [0.15, 0.2) is 0 Å². The number of aliphatic hydroxyl groups is 2. The first kappa shape index (κ1) is 27.2. The van der Waals surface area contributed by atoms with E-state index < -0.39 is 20.2 Å². The summed E-state index contributed by atoms with van der Waals surface area (Å²) in [5, 5.41) is 18.1. The highest BCUT2D eigenvalue weighted by atomic mass is 32.2. The molecule has 154 valence electrons. The van der Waals surface area contributed by atoms with Crippen molar-refractivity contribution in [2.75, 3.05) is 25.7 Å². The molecule has 2 unspecified atom stereocenters. The maximum absolute atomic E-state index is 9.22. The molecule has 0 aliphatic rings. The molecule has 0 aliphatic carbocycles. The first-order chi connectivity index (χ1) is 11.7. The van der Waals surface area contributed by atoms with Crippen molar-refractivity contribution in [3.05, 3.63) is 35.4 Å². The molecule has 26 heavy (non-hydrogen) atoms. The number of rotatable bonds is 6. The summed E-state index contributed by atoms with van der Waals surface area (Å²) in [6.45, 7) is 4.62. The molecule has 10 heteroatoms. The third-order valence-corrected chi connectivity index (χ3v) is 3.29. The molecule has 2 atom stereocenters. The van der Waals surface area contributed by atoms with E-state index in [9.17, 15) is 21.9 Å². The lowest BCUT2D eigenvalue weighted by Gasteiger charge is -2.15. The summed E-state index contributed by atoms with van der Waals surface area (Å²) in [7, 11) is -7.33. The van der Waals surface area contributed by atoms with Crippen molar-refractivity contribution < 1.29 is 36.2 Å². The van der Waals surface area contributed by atoms with Crippen molar-refractivity contribution in [1.82, 2.24) is 0 Å². The molecule has 0 radical (unpaired) electrons. The second-order valence-corrected chi connectivity index (χ2v) is 8.77. The van der Waals surface area contributed by atoms with Gasteiger partial charge in [0.05, 0.1) is 19.1 Å². The third-order valence-electron chi connectivity index (χ3n) is 3.29. The van der Waals surface area contributed by atoms with Crippen LogP contribution in [0.15, 0.2) is 24.3 Å². The number of aliphatic hydroxyl groups excluding tert-OH is 2. The smallest absolute Gasteiger partial charge is 0.261 e. The molecule has 0 saturated carbocycles. The van der Waals surface area contributed by atoms with Crippen LogP contribution in [-0.4, -0.2) is 61.9 Å². The standard InChI is InChI=1S/C14H22O2.2CH4O3S/c1-3-11(2)12-4-6-13(7-5-12)14(10-16)8-9-15;2*1-5(2,3)4/h4-7,11,14-16H,3,8-10H2,1-2H3;2*1H3,(H,2,3,4). The van der Waals surface area contributed by atoms with Crippen LogP contribution in [0.1, 0.15) is 49.7 Å². The van der Waals surface area contributed by atoms with E-state index in [1.807, 2.05) is 0 Å². The lowest BCUT2D eigenvalue weighted by atomic mass is 9.92. The van der Waals surface area contributed by atoms with E-state index in [1.165, 1.54) is 5.56 Å². The van der Waals surface area contributed by atoms with Gasteiger partial charge in [-0.3, -0.25) is 9.11 Å². The van der Waals surface area contributed by atoms with Crippen LogP contribution in [0.5, 0.6) is 0 Å². The molecular formula is C16H30O8S2. The van der Waals surface area contributed by atoms with Gasteiger partial charge in [0.1, 0.15) is 0 Å². The zero-order chi connectivity index (χ0) is 21.0. The molecular weight excluding hydrogens is 384 g/mol. The first-order valence-corrected chi connectivity index (χ1v) is 11.6. The molecule has 0 spiro atoms. The lowest BCUT2D eigenvalue weighted by Crippen LogP contribution is -2.06. The van der Waals surface area contributed by atoms with E-state index in [0.29, 0.717) is 24.9 Å². The fourth-order valence-corrected chi connectivity index (χ4v) is 1.85. The predicted octanol–water partition coefficient (Wildman–Crippen LogP) is 1.67. The number of benzene rings is 1. The van der Waals surface area contributed by atoms with Gasteiger partial charge in [-0.15, -0.1) is 0 Å². The highest BCUT2D eigenvalue weighted by molar-refractivity contribution is 7.85. The third kappa shape index (κ3) is 19.3. The highest BCUT2D eigenvalue weighted by Crippen LogP contribution is 2.23. The average molecular weight is 415 g/mol. The van der Waals surface area contributed by atoms with Gasteiger partial charge in [-0.25, -0.2) is 0 Å². The van der Waals surface area contributed by atoms with Crippen LogP contribution < -0.4 is 0 Å². The van der Waals surface area contributed by atoms with Crippen LogP contribution in [-0.2, 0) is 20.2 Å². The van der Waals surface area contributed by atoms with Gasteiger partial charge in [-0.05, 0) is 29.9 Å². The summed E-state index contributed by atoms with van der Waals surface area (Å²) >= 11 is 0. The number of hydrogen-bond acceptors (Lipinski definition) is 6. The number of hydrogen-bond donors (Lipinski definition) is 4. The summed E-state index contributed by atoms with van der Waals surface area (Å²) in [4.78, 5) is 0. The quantitative estimate of drug-likeness (QED) is 0.513. The van der Waals surface area contributed by atoms with Gasteiger partial charge >= 0.3 is 0 Å². The molecule has 0 fully saturated rings. The van der Waals surface area contributed by atoms with Gasteiger partial charge in [0, 0.05) is 12.5 Å². The molecule has 0 amide bonds. The summed E-state index contributed by atoms with van der Waals surface area (Å²) in [6, 6.07) is 8.39. The fourth-order valence-electron chi connectivity index (χ4n) is 1.85. The second kappa shape index (κ2) is 13.2. The summed E-state index contributed by atoms with van der Waals surface area (Å²) in [5.74, 6) is 0.649. The Labute approximate surface area is 156 Å². The minimum atomic E-state index is -3.67. The van der Waals surface area contributed by atoms with Crippen molar-refractivity contribution in [2.24, 2.45) is 0 Å². The first-order valence-electron chi connectivity index (χ1n) is 7.89. The molecule has 1 rings (SSSR count). The van der Waals surface area contributed by atoms with Crippen molar-refractivity contribution in [3.8, 4) is 0 Å². The molecule has 0 saturated heterocycles. The van der Waals surface area contributed by atoms with Crippen LogP contribution in [0.3, 0.4) is 0 Å². The Hall–Kier alpha value is -1.04. The fraction of sp³-hybridized carbons (Fsp3) is 0.625. The Morgan fingerprint density at radius 1 is 0.885 bits per heavy atom. The normalized spacial score (nSPS) is 13.5. The van der Waals surface area contributed by atoms with E-state index >= 15 is 0 Å². The minimum absolute atomic E-state index is 0.0657. The molecule has 0 heterocycles. The molecule has 0 aromatic heterocycles. The van der Waals surface area contributed by atoms with Crippen molar-refractivity contribution >= 4 is 20.2 Å². The minimum Gasteiger partial charge on any atom is -0.396 e. The summed E-state index contributed by atoms with van der Waals surface area (Å²) in [5.41, 5.74) is 2.45. The maximum Gasteiger partial charge on any atom is 0.261 e. The van der Waals surface area contributed by atoms with Crippen molar-refractivity contribution in [1.29, 1.82) is 0 Å². The topological polar surface area (TPSA) is 149 Å².